The molecule has 4 aliphatic rings. The third-order valence-electron chi connectivity index (χ3n) is 7.50. The minimum absolute atomic E-state index is 0.0457. The van der Waals surface area contributed by atoms with E-state index >= 15 is 0 Å². The largest absolute Gasteiger partial charge is 0.371 e. The van der Waals surface area contributed by atoms with Gasteiger partial charge in [-0.05, 0) is 29.9 Å². The van der Waals surface area contributed by atoms with Crippen LogP contribution in [0.4, 0.5) is 5.69 Å². The summed E-state index contributed by atoms with van der Waals surface area (Å²) in [5.74, 6) is 0.121. The van der Waals surface area contributed by atoms with Crippen molar-refractivity contribution in [1.82, 2.24) is 10.6 Å². The van der Waals surface area contributed by atoms with Gasteiger partial charge in [0, 0.05) is 18.5 Å². The summed E-state index contributed by atoms with van der Waals surface area (Å²) in [5, 5.41) is 18.8. The topological polar surface area (TPSA) is 94.0 Å². The average Bonchev–Trinajstić information content (AvgIpc) is 3.42. The molecule has 0 bridgehead atoms. The molecule has 3 heterocycles. The molecule has 8 heteroatoms. The summed E-state index contributed by atoms with van der Waals surface area (Å²) in [6.07, 6.45) is 10.6. The number of aliphatic imine (C=N–C) groups is 1. The van der Waals surface area contributed by atoms with Crippen LogP contribution in [0.25, 0.3) is 0 Å². The number of aliphatic hydroxyl groups is 1. The summed E-state index contributed by atoms with van der Waals surface area (Å²) in [7, 11) is 0. The fraction of sp³-hybridized carbons (Fsp3) is 0.519. The number of aryl methyl sites for hydroxylation is 1. The molecule has 3 N–H and O–H groups in total. The molecule has 1 aromatic carbocycles. The van der Waals surface area contributed by atoms with E-state index in [-0.39, 0.29) is 17.9 Å². The molecule has 1 aromatic rings. The maximum Gasteiger partial charge on any atom is 0.243 e. The molecule has 5 rings (SSSR count). The van der Waals surface area contributed by atoms with Crippen molar-refractivity contribution in [2.75, 3.05) is 11.4 Å². The predicted octanol–water partition coefficient (Wildman–Crippen LogP) is 2.73. The quantitative estimate of drug-likeness (QED) is 0.542. The van der Waals surface area contributed by atoms with Crippen LogP contribution in [0.5, 0.6) is 0 Å². The van der Waals surface area contributed by atoms with Gasteiger partial charge >= 0.3 is 0 Å². The lowest BCUT2D eigenvalue weighted by molar-refractivity contribution is -0.123. The zero-order valence-electron chi connectivity index (χ0n) is 20.3. The number of aliphatic hydroxyl groups excluding tert-OH is 1. The Morgan fingerprint density at radius 1 is 1.26 bits per heavy atom. The SMILES string of the molecule is CCC(C)CC(=O)NC1CCc2cccc3c2N(C(C(=O)NCC2=NC4C=CC=CC4S2)C3)C1O. The van der Waals surface area contributed by atoms with Gasteiger partial charge in [-0.3, -0.25) is 14.6 Å². The number of rotatable bonds is 7. The third kappa shape index (κ3) is 4.91. The van der Waals surface area contributed by atoms with Gasteiger partial charge in [0.15, 0.2) is 0 Å². The Hall–Kier alpha value is -2.58. The van der Waals surface area contributed by atoms with Crippen molar-refractivity contribution in [3.63, 3.8) is 0 Å². The molecular formula is C27H34N4O3S. The first kappa shape index (κ1) is 24.1. The van der Waals surface area contributed by atoms with E-state index in [9.17, 15) is 14.7 Å². The number of allylic oxidation sites excluding steroid dienone is 2. The lowest BCUT2D eigenvalue weighted by Crippen LogP contribution is -2.57. The van der Waals surface area contributed by atoms with Crippen molar-refractivity contribution >= 4 is 34.3 Å². The maximum absolute atomic E-state index is 13.4. The number of nitrogens with one attached hydrogen (secondary N) is 2. The van der Waals surface area contributed by atoms with E-state index in [2.05, 4.69) is 42.7 Å². The molecule has 2 amide bonds. The smallest absolute Gasteiger partial charge is 0.243 e. The molecule has 6 unspecified atom stereocenters. The Balaban J connectivity index is 1.30. The van der Waals surface area contributed by atoms with Gasteiger partial charge in [0.2, 0.25) is 11.8 Å². The number of carbonyl (C=O) groups is 2. The van der Waals surface area contributed by atoms with Gasteiger partial charge in [-0.15, -0.1) is 0 Å². The highest BCUT2D eigenvalue weighted by molar-refractivity contribution is 8.15. The zero-order valence-corrected chi connectivity index (χ0v) is 21.1. The number of fused-ring (bicyclic) bond motifs is 1. The zero-order chi connectivity index (χ0) is 24.5. The number of benzene rings is 1. The summed E-state index contributed by atoms with van der Waals surface area (Å²) < 4.78 is 0. The molecule has 0 radical (unpaired) electrons. The first-order valence-corrected chi connectivity index (χ1v) is 13.5. The standard InChI is InChI=1S/C27H34N4O3S/c1-3-16(2)13-23(32)29-20-12-11-17-7-6-8-18-14-21(31(25(17)18)27(20)34)26(33)28-15-24-30-19-9-4-5-10-22(19)35-24/h4-10,16,19-22,27,34H,3,11-15H2,1-2H3,(H,28,33)(H,29,32). The molecule has 35 heavy (non-hydrogen) atoms. The molecule has 0 aromatic heterocycles. The average molecular weight is 495 g/mol. The summed E-state index contributed by atoms with van der Waals surface area (Å²) >= 11 is 1.69. The van der Waals surface area contributed by atoms with Gasteiger partial charge in [0.25, 0.3) is 0 Å². The van der Waals surface area contributed by atoms with Gasteiger partial charge < -0.3 is 20.6 Å². The molecule has 6 atom stereocenters. The number of anilines is 1. The van der Waals surface area contributed by atoms with E-state index in [1.54, 1.807) is 11.8 Å². The van der Waals surface area contributed by atoms with Gasteiger partial charge in [0.1, 0.15) is 12.3 Å². The second-order valence-corrected chi connectivity index (χ2v) is 11.2. The fourth-order valence-electron chi connectivity index (χ4n) is 5.39. The van der Waals surface area contributed by atoms with Gasteiger partial charge in [-0.25, -0.2) is 0 Å². The number of hydrogen-bond donors (Lipinski definition) is 3. The Labute approximate surface area is 211 Å². The van der Waals surface area contributed by atoms with E-state index in [0.29, 0.717) is 37.0 Å². The van der Waals surface area contributed by atoms with Crippen LogP contribution in [0, 0.1) is 5.92 Å². The minimum atomic E-state index is -0.965. The number of nitrogens with zero attached hydrogens (tertiary/aromatic N) is 2. The van der Waals surface area contributed by atoms with E-state index < -0.39 is 18.3 Å². The molecular weight excluding hydrogens is 460 g/mol. The normalized spacial score (nSPS) is 29.2. The van der Waals surface area contributed by atoms with E-state index in [4.69, 9.17) is 4.99 Å². The molecule has 1 aliphatic carbocycles. The second-order valence-electron chi connectivity index (χ2n) is 9.98. The van der Waals surface area contributed by atoms with Gasteiger partial charge in [0.05, 0.1) is 28.9 Å². The van der Waals surface area contributed by atoms with Gasteiger partial charge in [-0.2, -0.15) is 0 Å². The van der Waals surface area contributed by atoms with E-state index in [1.807, 2.05) is 29.2 Å². The molecule has 0 fully saturated rings. The van der Waals surface area contributed by atoms with Crippen LogP contribution >= 0.6 is 11.8 Å². The summed E-state index contributed by atoms with van der Waals surface area (Å²) in [6.45, 7) is 4.51. The van der Waals surface area contributed by atoms with Crippen molar-refractivity contribution in [3.8, 4) is 0 Å². The molecule has 0 spiro atoms. The van der Waals surface area contributed by atoms with Crippen LogP contribution in [-0.2, 0) is 22.4 Å². The molecule has 7 nitrogen and oxygen atoms in total. The van der Waals surface area contributed by atoms with Gasteiger partial charge in [-0.1, -0.05) is 74.5 Å². The highest BCUT2D eigenvalue weighted by Crippen LogP contribution is 2.40. The predicted molar refractivity (Wildman–Crippen MR) is 141 cm³/mol. The second kappa shape index (κ2) is 10.2. The van der Waals surface area contributed by atoms with Crippen LogP contribution < -0.4 is 15.5 Å². The summed E-state index contributed by atoms with van der Waals surface area (Å²) in [6, 6.07) is 5.30. The summed E-state index contributed by atoms with van der Waals surface area (Å²) in [4.78, 5) is 32.6. The van der Waals surface area contributed by atoms with E-state index in [0.717, 1.165) is 34.7 Å². The van der Waals surface area contributed by atoms with Crippen molar-refractivity contribution in [1.29, 1.82) is 0 Å². The Bertz CT molecular complexity index is 1080. The highest BCUT2D eigenvalue weighted by Gasteiger charge is 2.44. The van der Waals surface area contributed by atoms with Crippen LogP contribution in [0.3, 0.4) is 0 Å². The number of thioether (sulfide) groups is 1. The van der Waals surface area contributed by atoms with Crippen molar-refractivity contribution in [2.24, 2.45) is 10.9 Å². The monoisotopic (exact) mass is 494 g/mol. The Kier molecular flexibility index (Phi) is 7.02. The van der Waals surface area contributed by atoms with Crippen LogP contribution in [-0.4, -0.2) is 58.1 Å². The molecule has 0 saturated carbocycles. The highest BCUT2D eigenvalue weighted by atomic mass is 32.2. The Morgan fingerprint density at radius 2 is 2.06 bits per heavy atom. The lowest BCUT2D eigenvalue weighted by atomic mass is 10.0. The maximum atomic E-state index is 13.4. The number of amides is 2. The molecule has 3 aliphatic heterocycles. The first-order valence-electron chi connectivity index (χ1n) is 12.7. The van der Waals surface area contributed by atoms with Crippen LogP contribution in [0.1, 0.15) is 44.2 Å². The third-order valence-corrected chi connectivity index (χ3v) is 8.73. The fourth-order valence-corrected chi connectivity index (χ4v) is 6.50. The summed E-state index contributed by atoms with van der Waals surface area (Å²) in [5.41, 5.74) is 3.14. The van der Waals surface area contributed by atoms with Crippen molar-refractivity contribution in [2.45, 2.75) is 75.6 Å². The minimum Gasteiger partial charge on any atom is -0.371 e. The Morgan fingerprint density at radius 3 is 2.86 bits per heavy atom. The van der Waals surface area contributed by atoms with Crippen LogP contribution in [0.2, 0.25) is 0 Å². The number of carbonyl (C=O) groups excluding carboxylic acids is 2. The number of para-hydroxylation sites is 1. The number of hydrogen-bond acceptors (Lipinski definition) is 6. The first-order chi connectivity index (χ1) is 16.9. The molecule has 186 valence electrons. The van der Waals surface area contributed by atoms with Crippen LogP contribution in [0.15, 0.2) is 47.5 Å². The molecule has 0 saturated heterocycles. The van der Waals surface area contributed by atoms with Crippen molar-refractivity contribution < 1.29 is 14.7 Å². The van der Waals surface area contributed by atoms with Crippen molar-refractivity contribution in [3.05, 3.63) is 53.6 Å². The lowest BCUT2D eigenvalue weighted by Gasteiger charge is -2.35. The van der Waals surface area contributed by atoms with E-state index in [1.165, 1.54) is 0 Å².